The molecule has 142 valence electrons. The van der Waals surface area contributed by atoms with Crippen LogP contribution in [-0.2, 0) is 18.2 Å². The molecule has 0 aliphatic heterocycles. The molecule has 0 saturated heterocycles. The van der Waals surface area contributed by atoms with Gasteiger partial charge in [0.2, 0.25) is 0 Å². The zero-order valence-corrected chi connectivity index (χ0v) is 17.6. The molecule has 0 spiro atoms. The fourth-order valence-corrected chi connectivity index (χ4v) is 3.90. The third kappa shape index (κ3) is 4.36. The molecule has 1 aromatic heterocycles. The van der Waals surface area contributed by atoms with Crippen molar-refractivity contribution in [2.75, 3.05) is 19.8 Å². The van der Waals surface area contributed by atoms with Crippen LogP contribution >= 0.6 is 39.1 Å². The number of rotatable bonds is 7. The van der Waals surface area contributed by atoms with Gasteiger partial charge in [-0.15, -0.1) is 0 Å². The van der Waals surface area contributed by atoms with Gasteiger partial charge in [0.15, 0.2) is 5.78 Å². The number of carbonyl (C=O) groups excluding carboxylic acids is 1. The molecule has 1 N–H and O–H groups in total. The predicted molar refractivity (Wildman–Crippen MR) is 110 cm³/mol. The summed E-state index contributed by atoms with van der Waals surface area (Å²) in [5.41, 5.74) is 3.37. The van der Waals surface area contributed by atoms with Crippen LogP contribution in [0, 0.1) is 0 Å². The lowest BCUT2D eigenvalue weighted by Crippen LogP contribution is -2.14. The molecule has 8 heteroatoms. The summed E-state index contributed by atoms with van der Waals surface area (Å²) in [6.45, 7) is -0.182. The SMILES string of the molecule is Cn1cnc2c(Cl)c(Cc3ccc(Br)cc3Cl)c(C(=O)COCCO)cc21. The Bertz CT molecular complexity index is 1000. The lowest BCUT2D eigenvalue weighted by atomic mass is 9.96. The van der Waals surface area contributed by atoms with Crippen molar-refractivity contribution in [2.24, 2.45) is 7.05 Å². The number of carbonyl (C=O) groups is 1. The van der Waals surface area contributed by atoms with Gasteiger partial charge in [0.1, 0.15) is 12.1 Å². The number of Topliss-reactive ketones (excluding diaryl/α,β-unsaturated/α-hetero) is 1. The van der Waals surface area contributed by atoms with Gasteiger partial charge in [-0.2, -0.15) is 0 Å². The number of hydrogen-bond acceptors (Lipinski definition) is 4. The van der Waals surface area contributed by atoms with Crippen molar-refractivity contribution in [1.82, 2.24) is 9.55 Å². The minimum absolute atomic E-state index is 0.0985. The number of ketones is 1. The van der Waals surface area contributed by atoms with Crippen molar-refractivity contribution in [1.29, 1.82) is 0 Å². The van der Waals surface area contributed by atoms with Gasteiger partial charge in [0.25, 0.3) is 0 Å². The third-order valence-corrected chi connectivity index (χ3v) is 5.47. The van der Waals surface area contributed by atoms with Crippen LogP contribution in [0.3, 0.4) is 0 Å². The van der Waals surface area contributed by atoms with Gasteiger partial charge in [0.05, 0.1) is 30.1 Å². The summed E-state index contributed by atoms with van der Waals surface area (Å²) in [5, 5.41) is 9.87. The highest BCUT2D eigenvalue weighted by molar-refractivity contribution is 9.10. The van der Waals surface area contributed by atoms with Crippen LogP contribution in [0.25, 0.3) is 11.0 Å². The summed E-state index contributed by atoms with van der Waals surface area (Å²) in [4.78, 5) is 17.1. The van der Waals surface area contributed by atoms with E-state index in [2.05, 4.69) is 20.9 Å². The number of ether oxygens (including phenoxy) is 1. The highest BCUT2D eigenvalue weighted by Gasteiger charge is 2.21. The average molecular weight is 472 g/mol. The zero-order chi connectivity index (χ0) is 19.6. The number of hydrogen-bond donors (Lipinski definition) is 1. The first-order valence-electron chi connectivity index (χ1n) is 8.20. The van der Waals surface area contributed by atoms with E-state index < -0.39 is 0 Å². The minimum Gasteiger partial charge on any atom is -0.394 e. The molecule has 0 fully saturated rings. The molecule has 2 aromatic carbocycles. The predicted octanol–water partition coefficient (Wildman–Crippen LogP) is 4.43. The average Bonchev–Trinajstić information content (AvgIpc) is 3.00. The summed E-state index contributed by atoms with van der Waals surface area (Å²) < 4.78 is 7.89. The maximum atomic E-state index is 12.8. The first-order valence-corrected chi connectivity index (χ1v) is 9.75. The largest absolute Gasteiger partial charge is 0.394 e. The lowest BCUT2D eigenvalue weighted by Gasteiger charge is -2.14. The number of aliphatic hydroxyl groups excluding tert-OH is 1. The number of imidazole rings is 1. The van der Waals surface area contributed by atoms with Crippen LogP contribution in [0.4, 0.5) is 0 Å². The van der Waals surface area contributed by atoms with Crippen molar-refractivity contribution in [3.8, 4) is 0 Å². The molecule has 0 aliphatic rings. The molecule has 3 rings (SSSR count). The van der Waals surface area contributed by atoms with Gasteiger partial charge in [-0.05, 0) is 29.3 Å². The van der Waals surface area contributed by atoms with Gasteiger partial charge in [0, 0.05) is 28.5 Å². The highest BCUT2D eigenvalue weighted by atomic mass is 79.9. The topological polar surface area (TPSA) is 64.4 Å². The summed E-state index contributed by atoms with van der Waals surface area (Å²) in [6, 6.07) is 7.36. The number of aliphatic hydroxyl groups is 1. The first kappa shape index (κ1) is 20.3. The second-order valence-corrected chi connectivity index (χ2v) is 7.75. The van der Waals surface area contributed by atoms with Gasteiger partial charge < -0.3 is 14.4 Å². The van der Waals surface area contributed by atoms with Gasteiger partial charge in [-0.3, -0.25) is 4.79 Å². The molecule has 0 saturated carbocycles. The van der Waals surface area contributed by atoms with Crippen molar-refractivity contribution in [2.45, 2.75) is 6.42 Å². The summed E-state index contributed by atoms with van der Waals surface area (Å²) >= 11 is 16.4. The van der Waals surface area contributed by atoms with E-state index in [1.807, 2.05) is 23.7 Å². The first-order chi connectivity index (χ1) is 12.9. The normalized spacial score (nSPS) is 11.3. The lowest BCUT2D eigenvalue weighted by molar-refractivity contribution is 0.0663. The molecule has 0 atom stereocenters. The second kappa shape index (κ2) is 8.71. The Hall–Kier alpha value is -1.44. The Kier molecular flexibility index (Phi) is 6.55. The van der Waals surface area contributed by atoms with Crippen molar-refractivity contribution in [3.63, 3.8) is 0 Å². The van der Waals surface area contributed by atoms with E-state index in [4.69, 9.17) is 33.0 Å². The van der Waals surface area contributed by atoms with E-state index in [1.165, 1.54) is 0 Å². The van der Waals surface area contributed by atoms with E-state index in [-0.39, 0.29) is 25.6 Å². The van der Waals surface area contributed by atoms with Crippen LogP contribution in [-0.4, -0.2) is 40.3 Å². The molecular weight excluding hydrogens is 455 g/mol. The monoisotopic (exact) mass is 470 g/mol. The van der Waals surface area contributed by atoms with Crippen LogP contribution in [0.5, 0.6) is 0 Å². The maximum absolute atomic E-state index is 12.8. The molecule has 5 nitrogen and oxygen atoms in total. The Labute approximate surface area is 175 Å². The third-order valence-electron chi connectivity index (χ3n) is 4.21. The minimum atomic E-state index is -0.211. The molecule has 0 bridgehead atoms. The van der Waals surface area contributed by atoms with E-state index in [9.17, 15) is 4.79 Å². The molecule has 1 heterocycles. The zero-order valence-electron chi connectivity index (χ0n) is 14.5. The molecule has 0 amide bonds. The van der Waals surface area contributed by atoms with Crippen molar-refractivity contribution in [3.05, 3.63) is 61.8 Å². The van der Waals surface area contributed by atoms with E-state index in [1.54, 1.807) is 18.5 Å². The fraction of sp³-hybridized carbons (Fsp3) is 0.263. The van der Waals surface area contributed by atoms with Gasteiger partial charge in [-0.25, -0.2) is 4.98 Å². The van der Waals surface area contributed by atoms with E-state index in [0.717, 1.165) is 15.6 Å². The molecule has 3 aromatic rings. The number of nitrogens with zero attached hydrogens (tertiary/aromatic N) is 2. The van der Waals surface area contributed by atoms with Crippen LogP contribution in [0.2, 0.25) is 10.0 Å². The summed E-state index contributed by atoms with van der Waals surface area (Å²) in [6.07, 6.45) is 2.04. The number of fused-ring (bicyclic) bond motifs is 1. The smallest absolute Gasteiger partial charge is 0.188 e. The number of benzene rings is 2. The number of halogens is 3. The quantitative estimate of drug-likeness (QED) is 0.409. The Morgan fingerprint density at radius 1 is 1.33 bits per heavy atom. The Balaban J connectivity index is 2.09. The second-order valence-electron chi connectivity index (χ2n) is 6.05. The van der Waals surface area contributed by atoms with Crippen molar-refractivity contribution < 1.29 is 14.6 Å². The summed E-state index contributed by atoms with van der Waals surface area (Å²) in [7, 11) is 1.84. The molecule has 27 heavy (non-hydrogen) atoms. The van der Waals surface area contributed by atoms with Gasteiger partial charge >= 0.3 is 0 Å². The van der Waals surface area contributed by atoms with Gasteiger partial charge in [-0.1, -0.05) is 45.2 Å². The highest BCUT2D eigenvalue weighted by Crippen LogP contribution is 2.33. The molecule has 0 unspecified atom stereocenters. The van der Waals surface area contributed by atoms with Crippen LogP contribution in [0.1, 0.15) is 21.5 Å². The van der Waals surface area contributed by atoms with Crippen LogP contribution in [0.15, 0.2) is 35.1 Å². The maximum Gasteiger partial charge on any atom is 0.188 e. The molecule has 0 radical (unpaired) electrons. The number of aryl methyl sites for hydroxylation is 1. The standard InChI is InChI=1S/C19H17BrCl2N2O3/c1-24-10-23-19-16(24)8-13(17(26)9-27-5-4-25)14(18(19)22)6-11-2-3-12(20)7-15(11)21/h2-3,7-8,10,25H,4-6,9H2,1H3. The van der Waals surface area contributed by atoms with Crippen molar-refractivity contribution >= 4 is 55.9 Å². The Morgan fingerprint density at radius 3 is 2.81 bits per heavy atom. The number of aromatic nitrogens is 2. The molecule has 0 aliphatic carbocycles. The van der Waals surface area contributed by atoms with E-state index >= 15 is 0 Å². The summed E-state index contributed by atoms with van der Waals surface area (Å²) in [5.74, 6) is -0.211. The van der Waals surface area contributed by atoms with Crippen LogP contribution < -0.4 is 0 Å². The Morgan fingerprint density at radius 2 is 2.11 bits per heavy atom. The van der Waals surface area contributed by atoms with E-state index in [0.29, 0.717) is 33.1 Å². The molecular formula is C19H17BrCl2N2O3. The fourth-order valence-electron chi connectivity index (χ4n) is 2.85.